The molecular formula is C14H15N3O2. The van der Waals surface area contributed by atoms with Crippen LogP contribution in [0.4, 0.5) is 0 Å². The number of aromatic nitrogens is 2. The number of ether oxygens (including phenoxy) is 1. The van der Waals surface area contributed by atoms with Crippen molar-refractivity contribution in [1.82, 2.24) is 10.1 Å². The number of nitrogens with two attached hydrogens (primary N) is 1. The molecule has 1 aromatic carbocycles. The van der Waals surface area contributed by atoms with Crippen LogP contribution in [0.2, 0.25) is 0 Å². The molecular weight excluding hydrogens is 242 g/mol. The fourth-order valence-electron chi connectivity index (χ4n) is 2.63. The first-order chi connectivity index (χ1) is 9.24. The van der Waals surface area contributed by atoms with Gasteiger partial charge in [0.2, 0.25) is 0 Å². The van der Waals surface area contributed by atoms with Gasteiger partial charge in [-0.25, -0.2) is 0 Å². The predicted octanol–water partition coefficient (Wildman–Crippen LogP) is 2.10. The van der Waals surface area contributed by atoms with Crippen molar-refractivity contribution in [1.29, 1.82) is 0 Å². The molecule has 0 saturated heterocycles. The summed E-state index contributed by atoms with van der Waals surface area (Å²) >= 11 is 0. The molecule has 4 rings (SSSR count). The lowest BCUT2D eigenvalue weighted by atomic mass is 9.77. The molecule has 19 heavy (non-hydrogen) atoms. The van der Waals surface area contributed by atoms with E-state index in [0.717, 1.165) is 24.8 Å². The Hall–Kier alpha value is -1.72. The van der Waals surface area contributed by atoms with Gasteiger partial charge < -0.3 is 15.0 Å². The highest BCUT2D eigenvalue weighted by Crippen LogP contribution is 2.37. The third kappa shape index (κ3) is 1.69. The van der Waals surface area contributed by atoms with Crippen LogP contribution in [0.25, 0.3) is 11.5 Å². The smallest absolute Gasteiger partial charge is 0.258 e. The van der Waals surface area contributed by atoms with Gasteiger partial charge in [-0.3, -0.25) is 0 Å². The molecule has 2 aromatic rings. The topological polar surface area (TPSA) is 74.2 Å². The number of nitrogens with zero attached hydrogens (tertiary/aromatic N) is 2. The Morgan fingerprint density at radius 3 is 2.79 bits per heavy atom. The molecule has 0 bridgehead atoms. The summed E-state index contributed by atoms with van der Waals surface area (Å²) < 4.78 is 10.8. The quantitative estimate of drug-likeness (QED) is 0.891. The zero-order valence-electron chi connectivity index (χ0n) is 10.6. The summed E-state index contributed by atoms with van der Waals surface area (Å²) in [5.74, 6) is 1.17. The molecule has 0 unspecified atom stereocenters. The Bertz CT molecular complexity index is 631. The summed E-state index contributed by atoms with van der Waals surface area (Å²) in [5, 5.41) is 4.04. The number of hydrogen-bond acceptors (Lipinski definition) is 5. The van der Waals surface area contributed by atoms with Gasteiger partial charge in [0.05, 0.1) is 18.8 Å². The van der Waals surface area contributed by atoms with Crippen LogP contribution in [0.5, 0.6) is 0 Å². The molecule has 98 valence electrons. The highest BCUT2D eigenvalue weighted by Gasteiger charge is 2.39. The molecule has 1 saturated carbocycles. The molecule has 2 heterocycles. The van der Waals surface area contributed by atoms with E-state index in [1.807, 2.05) is 6.07 Å². The van der Waals surface area contributed by atoms with E-state index in [4.69, 9.17) is 15.0 Å². The number of rotatable bonds is 2. The third-order valence-corrected chi connectivity index (χ3v) is 4.09. The van der Waals surface area contributed by atoms with Gasteiger partial charge in [0, 0.05) is 5.56 Å². The fourth-order valence-corrected chi connectivity index (χ4v) is 2.63. The van der Waals surface area contributed by atoms with Gasteiger partial charge in [-0.1, -0.05) is 11.2 Å². The molecule has 1 aromatic heterocycles. The van der Waals surface area contributed by atoms with E-state index >= 15 is 0 Å². The lowest BCUT2D eigenvalue weighted by Crippen LogP contribution is -2.44. The SMILES string of the molecule is NC1(c2noc(-c3ccc4c(c3)COC4)n2)CCC1. The maximum atomic E-state index is 6.20. The zero-order chi connectivity index (χ0) is 12.9. The minimum absolute atomic E-state index is 0.373. The lowest BCUT2D eigenvalue weighted by molar-refractivity contribution is 0.134. The van der Waals surface area contributed by atoms with Crippen molar-refractivity contribution in [3.63, 3.8) is 0 Å². The van der Waals surface area contributed by atoms with E-state index in [0.29, 0.717) is 24.9 Å². The van der Waals surface area contributed by atoms with Crippen LogP contribution < -0.4 is 5.73 Å². The first kappa shape index (κ1) is 11.1. The summed E-state index contributed by atoms with van der Waals surface area (Å²) in [6.45, 7) is 1.35. The molecule has 5 heteroatoms. The van der Waals surface area contributed by atoms with Crippen LogP contribution in [0.3, 0.4) is 0 Å². The van der Waals surface area contributed by atoms with Gasteiger partial charge in [0.15, 0.2) is 5.82 Å². The Morgan fingerprint density at radius 2 is 2.00 bits per heavy atom. The summed E-state index contributed by atoms with van der Waals surface area (Å²) in [5.41, 5.74) is 9.19. The first-order valence-electron chi connectivity index (χ1n) is 6.58. The maximum absolute atomic E-state index is 6.20. The Morgan fingerprint density at radius 1 is 1.16 bits per heavy atom. The van der Waals surface area contributed by atoms with Crippen molar-refractivity contribution in [3.05, 3.63) is 35.2 Å². The molecule has 1 aliphatic carbocycles. The fraction of sp³-hybridized carbons (Fsp3) is 0.429. The second-order valence-corrected chi connectivity index (χ2v) is 5.41. The van der Waals surface area contributed by atoms with Gasteiger partial charge in [0.25, 0.3) is 5.89 Å². The Labute approximate surface area is 110 Å². The van der Waals surface area contributed by atoms with Crippen molar-refractivity contribution >= 4 is 0 Å². The van der Waals surface area contributed by atoms with Crippen molar-refractivity contribution in [2.24, 2.45) is 5.73 Å². The van der Waals surface area contributed by atoms with Crippen LogP contribution >= 0.6 is 0 Å². The average molecular weight is 257 g/mol. The summed E-state index contributed by atoms with van der Waals surface area (Å²) in [7, 11) is 0. The van der Waals surface area contributed by atoms with Crippen molar-refractivity contribution in [2.45, 2.75) is 38.0 Å². The third-order valence-electron chi connectivity index (χ3n) is 4.09. The van der Waals surface area contributed by atoms with Crippen molar-refractivity contribution < 1.29 is 9.26 Å². The first-order valence-corrected chi connectivity index (χ1v) is 6.58. The number of hydrogen-bond donors (Lipinski definition) is 1. The molecule has 0 radical (unpaired) electrons. The molecule has 0 amide bonds. The van der Waals surface area contributed by atoms with Gasteiger partial charge in [-0.2, -0.15) is 4.98 Å². The van der Waals surface area contributed by atoms with Crippen LogP contribution in [-0.4, -0.2) is 10.1 Å². The zero-order valence-corrected chi connectivity index (χ0v) is 10.6. The van der Waals surface area contributed by atoms with Gasteiger partial charge in [-0.05, 0) is 42.5 Å². The van der Waals surface area contributed by atoms with Gasteiger partial charge in [-0.15, -0.1) is 0 Å². The van der Waals surface area contributed by atoms with Crippen molar-refractivity contribution in [2.75, 3.05) is 0 Å². The van der Waals surface area contributed by atoms with E-state index < -0.39 is 0 Å². The maximum Gasteiger partial charge on any atom is 0.258 e. The van der Waals surface area contributed by atoms with Crippen LogP contribution in [0, 0.1) is 0 Å². The second-order valence-electron chi connectivity index (χ2n) is 5.41. The predicted molar refractivity (Wildman–Crippen MR) is 67.9 cm³/mol. The summed E-state index contributed by atoms with van der Waals surface area (Å²) in [6.07, 6.45) is 3.00. The molecule has 0 atom stereocenters. The minimum Gasteiger partial charge on any atom is -0.372 e. The number of fused-ring (bicyclic) bond motifs is 1. The average Bonchev–Trinajstić information content (AvgIpc) is 3.03. The van der Waals surface area contributed by atoms with E-state index in [9.17, 15) is 0 Å². The lowest BCUT2D eigenvalue weighted by Gasteiger charge is -2.34. The second kappa shape index (κ2) is 3.88. The standard InChI is InChI=1S/C14H15N3O2/c15-14(4-1-5-14)13-16-12(19-17-13)9-2-3-10-7-18-8-11(10)6-9/h2-3,6H,1,4-5,7-8,15H2. The summed E-state index contributed by atoms with van der Waals surface area (Å²) in [4.78, 5) is 4.46. The van der Waals surface area contributed by atoms with E-state index in [-0.39, 0.29) is 5.54 Å². The van der Waals surface area contributed by atoms with E-state index in [1.54, 1.807) is 0 Å². The minimum atomic E-state index is -0.373. The normalized spacial score (nSPS) is 20.1. The monoisotopic (exact) mass is 257 g/mol. The van der Waals surface area contributed by atoms with Crippen molar-refractivity contribution in [3.8, 4) is 11.5 Å². The largest absolute Gasteiger partial charge is 0.372 e. The highest BCUT2D eigenvalue weighted by atomic mass is 16.5. The molecule has 2 aliphatic rings. The van der Waals surface area contributed by atoms with Crippen LogP contribution in [0.15, 0.2) is 22.7 Å². The van der Waals surface area contributed by atoms with E-state index in [2.05, 4.69) is 22.3 Å². The van der Waals surface area contributed by atoms with E-state index in [1.165, 1.54) is 11.1 Å². The molecule has 1 fully saturated rings. The van der Waals surface area contributed by atoms with Gasteiger partial charge >= 0.3 is 0 Å². The Kier molecular flexibility index (Phi) is 2.28. The molecule has 1 aliphatic heterocycles. The Balaban J connectivity index is 1.69. The van der Waals surface area contributed by atoms with Crippen LogP contribution in [-0.2, 0) is 23.5 Å². The molecule has 5 nitrogen and oxygen atoms in total. The molecule has 2 N–H and O–H groups in total. The number of benzene rings is 1. The van der Waals surface area contributed by atoms with Gasteiger partial charge in [0.1, 0.15) is 0 Å². The van der Waals surface area contributed by atoms with Crippen LogP contribution in [0.1, 0.15) is 36.2 Å². The summed E-state index contributed by atoms with van der Waals surface area (Å²) in [6, 6.07) is 6.11. The molecule has 0 spiro atoms. The highest BCUT2D eigenvalue weighted by molar-refractivity contribution is 5.56.